The summed E-state index contributed by atoms with van der Waals surface area (Å²) in [4.78, 5) is 8.48. The third kappa shape index (κ3) is 4.17. The molecule has 100 valence electrons. The highest BCUT2D eigenvalue weighted by molar-refractivity contribution is 6.30. The van der Waals surface area contributed by atoms with Gasteiger partial charge >= 0.3 is 0 Å². The highest BCUT2D eigenvalue weighted by atomic mass is 35.5. The van der Waals surface area contributed by atoms with Gasteiger partial charge in [-0.05, 0) is 24.6 Å². The van der Waals surface area contributed by atoms with Gasteiger partial charge in [-0.2, -0.15) is 0 Å². The summed E-state index contributed by atoms with van der Waals surface area (Å²) < 4.78 is 5.56. The second-order valence-electron chi connectivity index (χ2n) is 4.08. The lowest BCUT2D eigenvalue weighted by molar-refractivity contribution is 0.102. The quantitative estimate of drug-likeness (QED) is 0.649. The number of hydrogen-bond donors (Lipinski definition) is 2. The lowest BCUT2D eigenvalue weighted by Gasteiger charge is -2.06. The largest absolute Gasteiger partial charge is 0.369 e. The van der Waals surface area contributed by atoms with Gasteiger partial charge < -0.3 is 10.2 Å². The number of halogens is 1. The molecule has 0 saturated heterocycles. The lowest BCUT2D eigenvalue weighted by atomic mass is 10.2. The molecule has 0 saturated carbocycles. The van der Waals surface area contributed by atoms with Gasteiger partial charge in [-0.25, -0.2) is 15.8 Å². The Kier molecular flexibility index (Phi) is 4.68. The first-order chi connectivity index (χ1) is 9.17. The molecule has 0 aliphatic rings. The Morgan fingerprint density at radius 2 is 2.11 bits per heavy atom. The van der Waals surface area contributed by atoms with Crippen LogP contribution in [0.5, 0.6) is 0 Å². The number of aromatic nitrogens is 2. The molecule has 0 radical (unpaired) electrons. The summed E-state index contributed by atoms with van der Waals surface area (Å²) in [6.45, 7) is 2.66. The molecule has 0 aliphatic heterocycles. The van der Waals surface area contributed by atoms with Crippen LogP contribution in [0.2, 0.25) is 5.02 Å². The van der Waals surface area contributed by atoms with Crippen molar-refractivity contribution in [3.63, 3.8) is 0 Å². The smallest absolute Gasteiger partial charge is 0.156 e. The van der Waals surface area contributed by atoms with E-state index in [1.807, 2.05) is 31.2 Å². The van der Waals surface area contributed by atoms with Crippen molar-refractivity contribution in [1.82, 2.24) is 9.97 Å². The summed E-state index contributed by atoms with van der Waals surface area (Å²) >= 11 is 5.90. The molecule has 0 spiro atoms. The maximum absolute atomic E-state index is 5.90. The van der Waals surface area contributed by atoms with Gasteiger partial charge in [0.05, 0.1) is 6.61 Å². The molecule has 0 fully saturated rings. The third-order valence-electron chi connectivity index (χ3n) is 2.44. The number of benzene rings is 1. The summed E-state index contributed by atoms with van der Waals surface area (Å²) in [6.07, 6.45) is 0. The summed E-state index contributed by atoms with van der Waals surface area (Å²) in [5.41, 5.74) is 4.35. The number of hydrazine groups is 1. The number of anilines is 1. The van der Waals surface area contributed by atoms with Crippen molar-refractivity contribution in [2.45, 2.75) is 20.1 Å². The van der Waals surface area contributed by atoms with E-state index in [-0.39, 0.29) is 0 Å². The van der Waals surface area contributed by atoms with E-state index in [0.717, 1.165) is 11.3 Å². The van der Waals surface area contributed by atoms with Crippen LogP contribution in [0.15, 0.2) is 30.3 Å². The van der Waals surface area contributed by atoms with Crippen molar-refractivity contribution in [2.24, 2.45) is 5.84 Å². The van der Waals surface area contributed by atoms with Gasteiger partial charge in [0.1, 0.15) is 12.4 Å². The van der Waals surface area contributed by atoms with Crippen LogP contribution in [-0.2, 0) is 18.0 Å². The fourth-order valence-electron chi connectivity index (χ4n) is 1.66. The first kappa shape index (κ1) is 13.7. The van der Waals surface area contributed by atoms with Crippen molar-refractivity contribution in [2.75, 3.05) is 5.43 Å². The van der Waals surface area contributed by atoms with Crippen LogP contribution in [0.4, 0.5) is 5.82 Å². The van der Waals surface area contributed by atoms with Gasteiger partial charge in [0.2, 0.25) is 0 Å². The van der Waals surface area contributed by atoms with Crippen LogP contribution in [0.1, 0.15) is 17.1 Å². The third-order valence-corrected chi connectivity index (χ3v) is 2.67. The molecule has 19 heavy (non-hydrogen) atoms. The van der Waals surface area contributed by atoms with Gasteiger partial charge in [0.25, 0.3) is 0 Å². The molecule has 0 amide bonds. The van der Waals surface area contributed by atoms with Gasteiger partial charge in [-0.15, -0.1) is 0 Å². The molecule has 2 rings (SSSR count). The fourth-order valence-corrected chi connectivity index (χ4v) is 1.87. The maximum atomic E-state index is 5.90. The van der Waals surface area contributed by atoms with E-state index in [4.69, 9.17) is 22.2 Å². The van der Waals surface area contributed by atoms with Crippen molar-refractivity contribution >= 4 is 17.4 Å². The molecule has 3 N–H and O–H groups in total. The second kappa shape index (κ2) is 6.47. The molecule has 5 nitrogen and oxygen atoms in total. The average molecular weight is 279 g/mol. The minimum absolute atomic E-state index is 0.322. The van der Waals surface area contributed by atoms with Crippen LogP contribution in [0.25, 0.3) is 0 Å². The Hall–Kier alpha value is -1.69. The van der Waals surface area contributed by atoms with Crippen molar-refractivity contribution in [3.8, 4) is 0 Å². The molecule has 0 bridgehead atoms. The van der Waals surface area contributed by atoms with E-state index in [0.29, 0.717) is 29.9 Å². The molecule has 2 aromatic rings. The molecule has 0 atom stereocenters. The number of hydrogen-bond acceptors (Lipinski definition) is 5. The van der Waals surface area contributed by atoms with Crippen molar-refractivity contribution in [3.05, 3.63) is 52.4 Å². The number of nitrogens with two attached hydrogens (primary N) is 1. The van der Waals surface area contributed by atoms with Crippen LogP contribution in [0, 0.1) is 6.92 Å². The zero-order valence-electron chi connectivity index (χ0n) is 10.6. The number of nitrogens with one attached hydrogen (secondary N) is 1. The topological polar surface area (TPSA) is 73.1 Å². The predicted octanol–water partition coefficient (Wildman–Crippen LogP) is 2.44. The van der Waals surface area contributed by atoms with Crippen LogP contribution in [-0.4, -0.2) is 9.97 Å². The maximum Gasteiger partial charge on any atom is 0.156 e. The van der Waals surface area contributed by atoms with E-state index >= 15 is 0 Å². The Bertz CT molecular complexity index is 562. The van der Waals surface area contributed by atoms with Crippen LogP contribution in [0.3, 0.4) is 0 Å². The van der Waals surface area contributed by atoms with E-state index in [2.05, 4.69) is 15.4 Å². The highest BCUT2D eigenvalue weighted by Crippen LogP contribution is 2.12. The van der Waals surface area contributed by atoms with E-state index < -0.39 is 0 Å². The fraction of sp³-hybridized carbons (Fsp3) is 0.231. The molecule has 6 heteroatoms. The normalized spacial score (nSPS) is 10.5. The van der Waals surface area contributed by atoms with Crippen molar-refractivity contribution in [1.29, 1.82) is 0 Å². The number of rotatable bonds is 5. The van der Waals surface area contributed by atoms with E-state index in [1.165, 1.54) is 0 Å². The first-order valence-electron chi connectivity index (χ1n) is 5.81. The van der Waals surface area contributed by atoms with Crippen molar-refractivity contribution < 1.29 is 4.74 Å². The van der Waals surface area contributed by atoms with Crippen LogP contribution >= 0.6 is 11.6 Å². The SMILES string of the molecule is Cc1cc(NN)nc(COCc2cccc(Cl)c2)n1. The molecule has 1 heterocycles. The Morgan fingerprint density at radius 1 is 1.26 bits per heavy atom. The van der Waals surface area contributed by atoms with E-state index in [1.54, 1.807) is 6.07 Å². The van der Waals surface area contributed by atoms with E-state index in [9.17, 15) is 0 Å². The average Bonchev–Trinajstić information content (AvgIpc) is 2.38. The molecular weight excluding hydrogens is 264 g/mol. The zero-order valence-corrected chi connectivity index (χ0v) is 11.3. The minimum atomic E-state index is 0.322. The summed E-state index contributed by atoms with van der Waals surface area (Å²) in [5.74, 6) is 6.50. The molecule has 1 aromatic heterocycles. The number of nitrogen functional groups attached to an aromatic ring is 1. The Balaban J connectivity index is 1.94. The van der Waals surface area contributed by atoms with Gasteiger partial charge in [0, 0.05) is 16.8 Å². The summed E-state index contributed by atoms with van der Waals surface area (Å²) in [5, 5.41) is 0.697. The lowest BCUT2D eigenvalue weighted by Crippen LogP contribution is -2.11. The Morgan fingerprint density at radius 3 is 2.84 bits per heavy atom. The van der Waals surface area contributed by atoms with Gasteiger partial charge in [0.15, 0.2) is 5.82 Å². The molecule has 1 aromatic carbocycles. The number of aryl methyl sites for hydroxylation is 1. The number of nitrogens with zero attached hydrogens (tertiary/aromatic N) is 2. The Labute approximate surface area is 116 Å². The summed E-state index contributed by atoms with van der Waals surface area (Å²) in [6, 6.07) is 9.30. The minimum Gasteiger partial charge on any atom is -0.369 e. The molecular formula is C13H15ClN4O. The van der Waals surface area contributed by atoms with Gasteiger partial charge in [-0.1, -0.05) is 23.7 Å². The second-order valence-corrected chi connectivity index (χ2v) is 4.51. The molecule has 0 unspecified atom stereocenters. The van der Waals surface area contributed by atoms with Gasteiger partial charge in [-0.3, -0.25) is 0 Å². The molecule has 0 aliphatic carbocycles. The monoisotopic (exact) mass is 278 g/mol. The predicted molar refractivity (Wildman–Crippen MR) is 74.5 cm³/mol. The summed E-state index contributed by atoms with van der Waals surface area (Å²) in [7, 11) is 0. The number of ether oxygens (including phenoxy) is 1. The zero-order chi connectivity index (χ0) is 13.7. The first-order valence-corrected chi connectivity index (χ1v) is 6.18. The van der Waals surface area contributed by atoms with Crippen LogP contribution < -0.4 is 11.3 Å². The highest BCUT2D eigenvalue weighted by Gasteiger charge is 2.02. The standard InChI is InChI=1S/C13H15ClN4O/c1-9-5-12(18-15)17-13(16-9)8-19-7-10-3-2-4-11(14)6-10/h2-6H,7-8,15H2,1H3,(H,16,17,18).